The molecule has 1 atom stereocenters. The molecule has 0 saturated carbocycles. The average molecular weight is 231 g/mol. The van der Waals surface area contributed by atoms with Crippen LogP contribution in [0.5, 0.6) is 0 Å². The molecular weight excluding hydrogens is 210 g/mol. The monoisotopic (exact) mass is 231 g/mol. The zero-order chi connectivity index (χ0) is 12.9. The van der Waals surface area contributed by atoms with Crippen LogP contribution < -0.4 is 10.9 Å². The quantitative estimate of drug-likeness (QED) is 0.781. The van der Waals surface area contributed by atoms with E-state index in [0.717, 1.165) is 12.1 Å². The van der Waals surface area contributed by atoms with E-state index in [2.05, 4.69) is 37.7 Å². The number of hydrogen-bond donors (Lipinski definition) is 2. The van der Waals surface area contributed by atoms with Crippen LogP contribution in [0.3, 0.4) is 0 Å². The Bertz CT molecular complexity index is 386. The van der Waals surface area contributed by atoms with Crippen molar-refractivity contribution >= 4 is 5.69 Å². The van der Waals surface area contributed by atoms with Crippen LogP contribution in [0.25, 0.3) is 0 Å². The van der Waals surface area contributed by atoms with Crippen LogP contribution in [-0.4, -0.2) is 5.54 Å². The number of nitrogens with one attached hydrogen (secondary N) is 2. The third kappa shape index (κ3) is 4.88. The molecule has 0 bridgehead atoms. The Labute approximate surface area is 104 Å². The lowest BCUT2D eigenvalue weighted by molar-refractivity contribution is 0.283. The smallest absolute Gasteiger partial charge is 0.121 e. The minimum Gasteiger partial charge on any atom is -0.320 e. The fourth-order valence-corrected chi connectivity index (χ4v) is 1.90. The second-order valence-corrected chi connectivity index (χ2v) is 5.80. The van der Waals surface area contributed by atoms with E-state index >= 15 is 0 Å². The van der Waals surface area contributed by atoms with Gasteiger partial charge in [0.15, 0.2) is 0 Å². The molecule has 0 spiro atoms. The number of anilines is 1. The van der Waals surface area contributed by atoms with Gasteiger partial charge in [-0.2, -0.15) is 5.26 Å². The first-order chi connectivity index (χ1) is 7.85. The van der Waals surface area contributed by atoms with Crippen LogP contribution in [0.1, 0.15) is 34.1 Å². The normalized spacial score (nSPS) is 14.8. The van der Waals surface area contributed by atoms with E-state index in [0.29, 0.717) is 0 Å². The van der Waals surface area contributed by atoms with Crippen molar-refractivity contribution in [3.63, 3.8) is 0 Å². The number of para-hydroxylation sites is 1. The van der Waals surface area contributed by atoms with Crippen molar-refractivity contribution in [3.8, 4) is 6.07 Å². The summed E-state index contributed by atoms with van der Waals surface area (Å²) < 4.78 is 0. The van der Waals surface area contributed by atoms with Gasteiger partial charge in [-0.05, 0) is 30.9 Å². The van der Waals surface area contributed by atoms with E-state index in [1.54, 1.807) is 0 Å². The number of benzene rings is 1. The Morgan fingerprint density at radius 3 is 2.18 bits per heavy atom. The van der Waals surface area contributed by atoms with E-state index in [1.165, 1.54) is 0 Å². The molecule has 1 aromatic rings. The molecule has 0 aliphatic heterocycles. The third-order valence-electron chi connectivity index (χ3n) is 2.39. The number of hydrazine groups is 1. The zero-order valence-corrected chi connectivity index (χ0v) is 11.0. The summed E-state index contributed by atoms with van der Waals surface area (Å²) in [7, 11) is 0. The average Bonchev–Trinajstić information content (AvgIpc) is 2.26. The summed E-state index contributed by atoms with van der Waals surface area (Å²) in [6.45, 7) is 8.31. The van der Waals surface area contributed by atoms with Gasteiger partial charge in [-0.25, -0.2) is 5.43 Å². The molecule has 17 heavy (non-hydrogen) atoms. The van der Waals surface area contributed by atoms with Gasteiger partial charge in [0.1, 0.15) is 5.54 Å². The summed E-state index contributed by atoms with van der Waals surface area (Å²) in [6.07, 6.45) is 0.774. The second-order valence-electron chi connectivity index (χ2n) is 5.80. The van der Waals surface area contributed by atoms with Crippen LogP contribution in [0.2, 0.25) is 0 Å². The van der Waals surface area contributed by atoms with Gasteiger partial charge in [-0.15, -0.1) is 0 Å². The summed E-state index contributed by atoms with van der Waals surface area (Å²) >= 11 is 0. The molecular formula is C14H21N3. The van der Waals surface area contributed by atoms with Gasteiger partial charge in [0.05, 0.1) is 6.07 Å². The van der Waals surface area contributed by atoms with E-state index in [1.807, 2.05) is 37.3 Å². The van der Waals surface area contributed by atoms with Crippen molar-refractivity contribution in [1.82, 2.24) is 5.43 Å². The first-order valence-electron chi connectivity index (χ1n) is 5.84. The van der Waals surface area contributed by atoms with Crippen LogP contribution in [0.4, 0.5) is 5.69 Å². The molecule has 2 N–H and O–H groups in total. The van der Waals surface area contributed by atoms with Crippen molar-refractivity contribution in [3.05, 3.63) is 30.3 Å². The van der Waals surface area contributed by atoms with Gasteiger partial charge >= 0.3 is 0 Å². The third-order valence-corrected chi connectivity index (χ3v) is 2.39. The Kier molecular flexibility index (Phi) is 4.14. The summed E-state index contributed by atoms with van der Waals surface area (Å²) in [6, 6.07) is 12.1. The van der Waals surface area contributed by atoms with Crippen LogP contribution >= 0.6 is 0 Å². The molecule has 0 heterocycles. The summed E-state index contributed by atoms with van der Waals surface area (Å²) in [4.78, 5) is 0. The van der Waals surface area contributed by atoms with Crippen molar-refractivity contribution in [1.29, 1.82) is 5.26 Å². The maximum absolute atomic E-state index is 9.27. The molecule has 0 amide bonds. The minimum atomic E-state index is -0.575. The molecule has 0 saturated heterocycles. The van der Waals surface area contributed by atoms with E-state index in [9.17, 15) is 5.26 Å². The maximum Gasteiger partial charge on any atom is 0.121 e. The van der Waals surface area contributed by atoms with Crippen molar-refractivity contribution < 1.29 is 0 Å². The topological polar surface area (TPSA) is 47.9 Å². The first kappa shape index (κ1) is 13.5. The van der Waals surface area contributed by atoms with Crippen molar-refractivity contribution in [2.24, 2.45) is 5.41 Å². The summed E-state index contributed by atoms with van der Waals surface area (Å²) in [5, 5.41) is 9.27. The SMILES string of the molecule is CC(C)(C)CC(C)(C#N)NNc1ccccc1. The summed E-state index contributed by atoms with van der Waals surface area (Å²) in [5.74, 6) is 0. The molecule has 0 aliphatic carbocycles. The van der Waals surface area contributed by atoms with Crippen molar-refractivity contribution in [2.75, 3.05) is 5.43 Å². The standard InChI is InChI=1S/C14H21N3/c1-13(2,3)10-14(4,11-15)17-16-12-8-6-5-7-9-12/h5-9,16-17H,10H2,1-4H3. The lowest BCUT2D eigenvalue weighted by atomic mass is 9.82. The predicted molar refractivity (Wildman–Crippen MR) is 71.3 cm³/mol. The zero-order valence-electron chi connectivity index (χ0n) is 11.0. The van der Waals surface area contributed by atoms with Gasteiger partial charge in [-0.1, -0.05) is 39.0 Å². The van der Waals surface area contributed by atoms with Gasteiger partial charge in [0, 0.05) is 5.69 Å². The molecule has 1 rings (SSSR count). The van der Waals surface area contributed by atoms with Crippen LogP contribution in [0, 0.1) is 16.7 Å². The lowest BCUT2D eigenvalue weighted by Gasteiger charge is -2.31. The second kappa shape index (κ2) is 5.20. The highest BCUT2D eigenvalue weighted by atomic mass is 15.4. The molecule has 1 aromatic carbocycles. The van der Waals surface area contributed by atoms with E-state index < -0.39 is 5.54 Å². The summed E-state index contributed by atoms with van der Waals surface area (Å²) in [5.41, 5.74) is 6.69. The Morgan fingerprint density at radius 1 is 1.12 bits per heavy atom. The van der Waals surface area contributed by atoms with Crippen LogP contribution in [-0.2, 0) is 0 Å². The largest absolute Gasteiger partial charge is 0.320 e. The van der Waals surface area contributed by atoms with Gasteiger partial charge < -0.3 is 5.43 Å². The Balaban J connectivity index is 2.62. The molecule has 3 heteroatoms. The van der Waals surface area contributed by atoms with Gasteiger partial charge in [0.2, 0.25) is 0 Å². The fourth-order valence-electron chi connectivity index (χ4n) is 1.90. The first-order valence-corrected chi connectivity index (χ1v) is 5.84. The van der Waals surface area contributed by atoms with Crippen molar-refractivity contribution in [2.45, 2.75) is 39.7 Å². The molecule has 1 unspecified atom stereocenters. The Morgan fingerprint density at radius 2 is 1.71 bits per heavy atom. The Hall–Kier alpha value is -1.53. The van der Waals surface area contributed by atoms with E-state index in [-0.39, 0.29) is 5.41 Å². The highest BCUT2D eigenvalue weighted by Crippen LogP contribution is 2.26. The predicted octanol–water partition coefficient (Wildman–Crippen LogP) is 3.32. The van der Waals surface area contributed by atoms with Crippen LogP contribution in [0.15, 0.2) is 30.3 Å². The number of hydrogen-bond acceptors (Lipinski definition) is 3. The molecule has 92 valence electrons. The molecule has 0 aromatic heterocycles. The number of nitriles is 1. The number of rotatable bonds is 4. The minimum absolute atomic E-state index is 0.107. The highest BCUT2D eigenvalue weighted by Gasteiger charge is 2.29. The van der Waals surface area contributed by atoms with Gasteiger partial charge in [-0.3, -0.25) is 0 Å². The lowest BCUT2D eigenvalue weighted by Crippen LogP contribution is -2.46. The molecule has 0 radical (unpaired) electrons. The van der Waals surface area contributed by atoms with Gasteiger partial charge in [0.25, 0.3) is 0 Å². The molecule has 3 nitrogen and oxygen atoms in total. The van der Waals surface area contributed by atoms with E-state index in [4.69, 9.17) is 0 Å². The fraction of sp³-hybridized carbons (Fsp3) is 0.500. The highest BCUT2D eigenvalue weighted by molar-refractivity contribution is 5.41. The maximum atomic E-state index is 9.27. The molecule has 0 aliphatic rings. The molecule has 0 fully saturated rings. The number of nitrogens with zero attached hydrogens (tertiary/aromatic N) is 1.